The van der Waals surface area contributed by atoms with Crippen LogP contribution < -0.4 is 10.6 Å². The van der Waals surface area contributed by atoms with E-state index in [0.717, 1.165) is 38.8 Å². The number of carbonyl (C=O) groups is 3. The molecular formula is C27H26N4O3. The van der Waals surface area contributed by atoms with Crippen LogP contribution in [0.2, 0.25) is 0 Å². The minimum Gasteiger partial charge on any atom is -0.341 e. The molecule has 1 unspecified atom stereocenters. The van der Waals surface area contributed by atoms with Crippen LogP contribution in [0.25, 0.3) is 21.8 Å². The fourth-order valence-corrected chi connectivity index (χ4v) is 4.74. The first-order valence-corrected chi connectivity index (χ1v) is 11.3. The molecule has 3 aromatic carbocycles. The van der Waals surface area contributed by atoms with Crippen LogP contribution in [0.1, 0.15) is 25.0 Å². The van der Waals surface area contributed by atoms with E-state index in [0.29, 0.717) is 11.3 Å². The van der Waals surface area contributed by atoms with Gasteiger partial charge in [-0.25, -0.2) is 4.79 Å². The number of carbonyl (C=O) groups excluding carboxylic acids is 3. The number of fused-ring (bicyclic) bond motifs is 3. The first-order chi connectivity index (χ1) is 16.3. The number of anilines is 1. The normalized spacial score (nSPS) is 18.0. The number of rotatable bonds is 5. The van der Waals surface area contributed by atoms with Crippen molar-refractivity contribution >= 4 is 45.3 Å². The van der Waals surface area contributed by atoms with Crippen LogP contribution in [-0.4, -0.2) is 33.9 Å². The van der Waals surface area contributed by atoms with E-state index in [1.165, 1.54) is 0 Å². The number of urea groups is 1. The summed E-state index contributed by atoms with van der Waals surface area (Å²) in [5.41, 5.74) is 3.37. The van der Waals surface area contributed by atoms with Crippen molar-refractivity contribution in [1.82, 2.24) is 14.8 Å². The molecular weight excluding hydrogens is 428 g/mol. The SMILES string of the molecule is CCn1c2ccccc2c2cc(NC(=O)CN3C(=O)NC(C)(c4ccc(C)cc4)C3=O)ccc21. The lowest BCUT2D eigenvalue weighted by Crippen LogP contribution is -2.42. The molecule has 34 heavy (non-hydrogen) atoms. The molecule has 7 nitrogen and oxygen atoms in total. The number of para-hydroxylation sites is 1. The Morgan fingerprint density at radius 3 is 2.41 bits per heavy atom. The zero-order chi connectivity index (χ0) is 24.0. The Balaban J connectivity index is 1.37. The molecule has 1 saturated heterocycles. The van der Waals surface area contributed by atoms with Gasteiger partial charge in [0, 0.05) is 34.0 Å². The third-order valence-electron chi connectivity index (χ3n) is 6.58. The smallest absolute Gasteiger partial charge is 0.325 e. The molecule has 2 heterocycles. The van der Waals surface area contributed by atoms with Gasteiger partial charge in [-0.15, -0.1) is 0 Å². The van der Waals surface area contributed by atoms with Crippen LogP contribution in [0.15, 0.2) is 66.7 Å². The van der Waals surface area contributed by atoms with Crippen LogP contribution in [0.4, 0.5) is 10.5 Å². The largest absolute Gasteiger partial charge is 0.341 e. The van der Waals surface area contributed by atoms with Crippen molar-refractivity contribution in [3.05, 3.63) is 77.9 Å². The van der Waals surface area contributed by atoms with Crippen LogP contribution >= 0.6 is 0 Å². The molecule has 1 aliphatic rings. The summed E-state index contributed by atoms with van der Waals surface area (Å²) in [5.74, 6) is -0.881. The van der Waals surface area contributed by atoms with E-state index < -0.39 is 23.4 Å². The molecule has 0 bridgehead atoms. The van der Waals surface area contributed by atoms with Gasteiger partial charge in [-0.3, -0.25) is 14.5 Å². The minimum atomic E-state index is -1.20. The van der Waals surface area contributed by atoms with Gasteiger partial charge < -0.3 is 15.2 Å². The molecule has 4 aromatic rings. The molecule has 1 aliphatic heterocycles. The highest BCUT2D eigenvalue weighted by Gasteiger charge is 2.49. The third kappa shape index (κ3) is 3.41. The number of aromatic nitrogens is 1. The highest BCUT2D eigenvalue weighted by atomic mass is 16.2. The van der Waals surface area contributed by atoms with Crippen molar-refractivity contribution in [2.45, 2.75) is 32.9 Å². The van der Waals surface area contributed by atoms with Gasteiger partial charge in [-0.2, -0.15) is 0 Å². The second-order valence-electron chi connectivity index (χ2n) is 8.85. The van der Waals surface area contributed by atoms with Crippen LogP contribution in [0, 0.1) is 6.92 Å². The van der Waals surface area contributed by atoms with Crippen molar-refractivity contribution in [3.8, 4) is 0 Å². The molecule has 1 aromatic heterocycles. The standard InChI is InChI=1S/C27H26N4O3/c1-4-30-22-8-6-5-7-20(22)21-15-19(13-14-23(21)30)28-24(32)16-31-25(33)27(3,29-26(31)34)18-11-9-17(2)10-12-18/h5-15H,4,16H2,1-3H3,(H,28,32)(H,29,34). The Labute approximate surface area is 197 Å². The molecule has 2 N–H and O–H groups in total. The van der Waals surface area contributed by atoms with E-state index in [-0.39, 0.29) is 6.54 Å². The maximum Gasteiger partial charge on any atom is 0.325 e. The van der Waals surface area contributed by atoms with Crippen LogP contribution in [0.3, 0.4) is 0 Å². The number of hydrogen-bond donors (Lipinski definition) is 2. The Bertz CT molecular complexity index is 1450. The Morgan fingerprint density at radius 2 is 1.68 bits per heavy atom. The molecule has 172 valence electrons. The monoisotopic (exact) mass is 454 g/mol. The Morgan fingerprint density at radius 1 is 0.971 bits per heavy atom. The highest BCUT2D eigenvalue weighted by molar-refractivity contribution is 6.12. The first-order valence-electron chi connectivity index (χ1n) is 11.3. The fourth-order valence-electron chi connectivity index (χ4n) is 4.74. The summed E-state index contributed by atoms with van der Waals surface area (Å²) in [6, 6.07) is 20.8. The number of nitrogens with zero attached hydrogens (tertiary/aromatic N) is 2. The molecule has 0 saturated carbocycles. The quantitative estimate of drug-likeness (QED) is 0.435. The van der Waals surface area contributed by atoms with E-state index >= 15 is 0 Å². The molecule has 0 spiro atoms. The van der Waals surface area contributed by atoms with Gasteiger partial charge in [0.1, 0.15) is 12.1 Å². The zero-order valence-corrected chi connectivity index (χ0v) is 19.4. The van der Waals surface area contributed by atoms with E-state index in [2.05, 4.69) is 34.3 Å². The lowest BCUT2D eigenvalue weighted by molar-refractivity contribution is -0.133. The van der Waals surface area contributed by atoms with Crippen molar-refractivity contribution in [2.75, 3.05) is 11.9 Å². The average Bonchev–Trinajstić information content (AvgIpc) is 3.26. The van der Waals surface area contributed by atoms with Crippen molar-refractivity contribution in [1.29, 1.82) is 0 Å². The van der Waals surface area contributed by atoms with E-state index in [4.69, 9.17) is 0 Å². The Hall–Kier alpha value is -4.13. The predicted octanol–water partition coefficient (Wildman–Crippen LogP) is 4.53. The topological polar surface area (TPSA) is 83.4 Å². The molecule has 1 atom stereocenters. The number of amides is 4. The predicted molar refractivity (Wildman–Crippen MR) is 133 cm³/mol. The fraction of sp³-hybridized carbons (Fsp3) is 0.222. The molecule has 7 heteroatoms. The number of nitrogens with one attached hydrogen (secondary N) is 2. The second-order valence-corrected chi connectivity index (χ2v) is 8.85. The highest BCUT2D eigenvalue weighted by Crippen LogP contribution is 2.32. The van der Waals surface area contributed by atoms with Gasteiger partial charge in [-0.05, 0) is 50.6 Å². The van der Waals surface area contributed by atoms with Crippen molar-refractivity contribution in [3.63, 3.8) is 0 Å². The van der Waals surface area contributed by atoms with E-state index in [1.54, 1.807) is 6.92 Å². The summed E-state index contributed by atoms with van der Waals surface area (Å²) in [5, 5.41) is 7.74. The molecule has 0 radical (unpaired) electrons. The maximum absolute atomic E-state index is 13.1. The first kappa shape index (κ1) is 21.7. The van der Waals surface area contributed by atoms with Crippen molar-refractivity contribution < 1.29 is 14.4 Å². The van der Waals surface area contributed by atoms with Gasteiger partial charge in [0.15, 0.2) is 0 Å². The lowest BCUT2D eigenvalue weighted by Gasteiger charge is -2.22. The molecule has 1 fully saturated rings. The summed E-state index contributed by atoms with van der Waals surface area (Å²) in [6.07, 6.45) is 0. The Kier molecular flexibility index (Phi) is 5.12. The van der Waals surface area contributed by atoms with Gasteiger partial charge >= 0.3 is 6.03 Å². The van der Waals surface area contributed by atoms with Gasteiger partial charge in [0.2, 0.25) is 5.91 Å². The lowest BCUT2D eigenvalue weighted by atomic mass is 9.91. The van der Waals surface area contributed by atoms with Gasteiger partial charge in [0.25, 0.3) is 5.91 Å². The number of hydrogen-bond acceptors (Lipinski definition) is 3. The number of aryl methyl sites for hydroxylation is 2. The van der Waals surface area contributed by atoms with Crippen LogP contribution in [-0.2, 0) is 21.7 Å². The minimum absolute atomic E-state index is 0.360. The number of imide groups is 1. The average molecular weight is 455 g/mol. The number of benzene rings is 3. The molecule has 4 amide bonds. The second kappa shape index (κ2) is 8.02. The van der Waals surface area contributed by atoms with Gasteiger partial charge in [-0.1, -0.05) is 48.0 Å². The van der Waals surface area contributed by atoms with Gasteiger partial charge in [0.05, 0.1) is 0 Å². The maximum atomic E-state index is 13.1. The summed E-state index contributed by atoms with van der Waals surface area (Å²) in [4.78, 5) is 39.5. The summed E-state index contributed by atoms with van der Waals surface area (Å²) >= 11 is 0. The van der Waals surface area contributed by atoms with E-state index in [9.17, 15) is 14.4 Å². The van der Waals surface area contributed by atoms with Crippen LogP contribution in [0.5, 0.6) is 0 Å². The van der Waals surface area contributed by atoms with Crippen molar-refractivity contribution in [2.24, 2.45) is 0 Å². The summed E-state index contributed by atoms with van der Waals surface area (Å²) < 4.78 is 2.23. The summed E-state index contributed by atoms with van der Waals surface area (Å²) in [7, 11) is 0. The third-order valence-corrected chi connectivity index (χ3v) is 6.58. The summed E-state index contributed by atoms with van der Waals surface area (Å²) in [6.45, 7) is 6.19. The molecule has 5 rings (SSSR count). The van der Waals surface area contributed by atoms with E-state index in [1.807, 2.05) is 61.5 Å². The zero-order valence-electron chi connectivity index (χ0n) is 19.4. The molecule has 0 aliphatic carbocycles.